The number of ether oxygens (including phenoxy) is 1. The first-order valence-corrected chi connectivity index (χ1v) is 7.16. The Morgan fingerprint density at radius 1 is 1.61 bits per heavy atom. The average Bonchev–Trinajstić information content (AvgIpc) is 2.61. The van der Waals surface area contributed by atoms with Gasteiger partial charge in [-0.2, -0.15) is 0 Å². The molecule has 0 saturated heterocycles. The van der Waals surface area contributed by atoms with Gasteiger partial charge in [-0.25, -0.2) is 4.79 Å². The van der Waals surface area contributed by atoms with Crippen molar-refractivity contribution in [2.24, 2.45) is 0 Å². The van der Waals surface area contributed by atoms with Crippen LogP contribution < -0.4 is 5.32 Å². The number of rotatable bonds is 4. The van der Waals surface area contributed by atoms with Crippen LogP contribution in [0, 0.1) is 0 Å². The average molecular weight is 334 g/mol. The van der Waals surface area contributed by atoms with Crippen molar-refractivity contribution < 1.29 is 14.3 Å². The van der Waals surface area contributed by atoms with Crippen molar-refractivity contribution in [2.45, 2.75) is 38.8 Å². The van der Waals surface area contributed by atoms with E-state index < -0.39 is 11.7 Å². The maximum atomic E-state index is 11.7. The van der Waals surface area contributed by atoms with E-state index >= 15 is 0 Å². The molecule has 1 atom stereocenters. The molecule has 1 aromatic heterocycles. The lowest BCUT2D eigenvalue weighted by atomic mass is 10.1. The van der Waals surface area contributed by atoms with Gasteiger partial charge in [-0.3, -0.25) is 0 Å². The van der Waals surface area contributed by atoms with Gasteiger partial charge >= 0.3 is 6.09 Å². The van der Waals surface area contributed by atoms with Crippen molar-refractivity contribution in [3.05, 3.63) is 20.8 Å². The first kappa shape index (κ1) is 15.2. The number of alkyl carbamates (subject to hydrolysis) is 1. The van der Waals surface area contributed by atoms with E-state index in [0.717, 1.165) is 15.6 Å². The van der Waals surface area contributed by atoms with Gasteiger partial charge in [0.05, 0.1) is 9.83 Å². The summed E-state index contributed by atoms with van der Waals surface area (Å²) < 4.78 is 6.13. The third-order valence-electron chi connectivity index (χ3n) is 2.01. The molecule has 0 bridgehead atoms. The number of thiophene rings is 1. The molecular formula is C12H16BrNO3S. The molecule has 18 heavy (non-hydrogen) atoms. The summed E-state index contributed by atoms with van der Waals surface area (Å²) in [6.07, 6.45) is 0.493. The van der Waals surface area contributed by atoms with Crippen LogP contribution in [-0.2, 0) is 9.53 Å². The summed E-state index contributed by atoms with van der Waals surface area (Å²) in [6, 6.07) is 1.54. The SMILES string of the molecule is CC(C)(C)OC(=O)N[C@@H](CC=O)c1csc(Br)c1. The fourth-order valence-electron chi connectivity index (χ4n) is 1.33. The van der Waals surface area contributed by atoms with Crippen LogP contribution in [0.4, 0.5) is 4.79 Å². The van der Waals surface area contributed by atoms with Gasteiger partial charge in [0, 0.05) is 6.42 Å². The Morgan fingerprint density at radius 3 is 2.72 bits per heavy atom. The van der Waals surface area contributed by atoms with Crippen LogP contribution in [0.25, 0.3) is 0 Å². The van der Waals surface area contributed by atoms with Gasteiger partial charge in [0.25, 0.3) is 0 Å². The molecule has 0 spiro atoms. The number of carbonyl (C=O) groups is 2. The fraction of sp³-hybridized carbons (Fsp3) is 0.500. The van der Waals surface area contributed by atoms with E-state index in [1.807, 2.05) is 11.4 Å². The third kappa shape index (κ3) is 5.18. The van der Waals surface area contributed by atoms with Gasteiger partial charge in [0.1, 0.15) is 11.9 Å². The van der Waals surface area contributed by atoms with Gasteiger partial charge in [-0.1, -0.05) is 0 Å². The molecule has 1 aromatic rings. The van der Waals surface area contributed by atoms with Crippen LogP contribution in [-0.4, -0.2) is 18.0 Å². The summed E-state index contributed by atoms with van der Waals surface area (Å²) in [5.74, 6) is 0. The summed E-state index contributed by atoms with van der Waals surface area (Å²) in [5, 5.41) is 4.60. The number of nitrogens with one attached hydrogen (secondary N) is 1. The van der Waals surface area contributed by atoms with Gasteiger partial charge in [0.15, 0.2) is 0 Å². The Hall–Kier alpha value is -0.880. The van der Waals surface area contributed by atoms with E-state index in [1.54, 1.807) is 20.8 Å². The molecule has 6 heteroatoms. The minimum atomic E-state index is -0.551. The number of hydrogen-bond donors (Lipinski definition) is 1. The minimum Gasteiger partial charge on any atom is -0.444 e. The fourth-order valence-corrected chi connectivity index (χ4v) is 2.56. The van der Waals surface area contributed by atoms with Crippen LogP contribution in [0.2, 0.25) is 0 Å². The number of aldehydes is 1. The smallest absolute Gasteiger partial charge is 0.408 e. The Balaban J connectivity index is 2.69. The lowest BCUT2D eigenvalue weighted by Crippen LogP contribution is -2.35. The van der Waals surface area contributed by atoms with E-state index in [-0.39, 0.29) is 12.5 Å². The molecule has 0 aliphatic heterocycles. The molecule has 0 aromatic carbocycles. The maximum absolute atomic E-state index is 11.7. The topological polar surface area (TPSA) is 55.4 Å². The van der Waals surface area contributed by atoms with Gasteiger partial charge in [-0.05, 0) is 53.7 Å². The van der Waals surface area contributed by atoms with Crippen molar-refractivity contribution >= 4 is 39.6 Å². The maximum Gasteiger partial charge on any atom is 0.408 e. The zero-order valence-corrected chi connectivity index (χ0v) is 12.9. The highest BCUT2D eigenvalue weighted by Crippen LogP contribution is 2.26. The summed E-state index contributed by atoms with van der Waals surface area (Å²) in [6.45, 7) is 5.38. The molecule has 1 amide bonds. The van der Waals surface area contributed by atoms with E-state index in [2.05, 4.69) is 21.2 Å². The molecule has 0 radical (unpaired) electrons. The van der Waals surface area contributed by atoms with Gasteiger partial charge in [-0.15, -0.1) is 11.3 Å². The van der Waals surface area contributed by atoms with Crippen molar-refractivity contribution in [3.63, 3.8) is 0 Å². The zero-order chi connectivity index (χ0) is 13.8. The van der Waals surface area contributed by atoms with Crippen molar-refractivity contribution in [1.82, 2.24) is 5.32 Å². The monoisotopic (exact) mass is 333 g/mol. The quantitative estimate of drug-likeness (QED) is 0.855. The van der Waals surface area contributed by atoms with E-state index in [4.69, 9.17) is 4.74 Å². The second-order valence-corrected chi connectivity index (χ2v) is 7.08. The highest BCUT2D eigenvalue weighted by molar-refractivity contribution is 9.11. The Bertz CT molecular complexity index is 425. The molecule has 0 aliphatic carbocycles. The Morgan fingerprint density at radius 2 is 2.28 bits per heavy atom. The zero-order valence-electron chi connectivity index (χ0n) is 10.5. The minimum absolute atomic E-state index is 0.225. The third-order valence-corrected chi connectivity index (χ3v) is 3.54. The van der Waals surface area contributed by atoms with Crippen LogP contribution in [0.15, 0.2) is 15.2 Å². The lowest BCUT2D eigenvalue weighted by Gasteiger charge is -2.22. The van der Waals surface area contributed by atoms with Crippen molar-refractivity contribution in [1.29, 1.82) is 0 Å². The first-order chi connectivity index (χ1) is 8.31. The molecule has 1 heterocycles. The summed E-state index contributed by atoms with van der Waals surface area (Å²) >= 11 is 4.86. The van der Waals surface area contributed by atoms with E-state index in [0.29, 0.717) is 0 Å². The molecule has 1 rings (SSSR count). The molecule has 100 valence electrons. The van der Waals surface area contributed by atoms with Gasteiger partial charge < -0.3 is 14.8 Å². The number of halogens is 1. The van der Waals surface area contributed by atoms with E-state index in [9.17, 15) is 9.59 Å². The highest BCUT2D eigenvalue weighted by atomic mass is 79.9. The highest BCUT2D eigenvalue weighted by Gasteiger charge is 2.20. The Kier molecular flexibility index (Phi) is 5.34. The number of hydrogen-bond acceptors (Lipinski definition) is 4. The second kappa shape index (κ2) is 6.33. The van der Waals surface area contributed by atoms with E-state index in [1.165, 1.54) is 11.3 Å². The van der Waals surface area contributed by atoms with Crippen molar-refractivity contribution in [3.8, 4) is 0 Å². The molecule has 4 nitrogen and oxygen atoms in total. The van der Waals surface area contributed by atoms with Gasteiger partial charge in [0.2, 0.25) is 0 Å². The van der Waals surface area contributed by atoms with Crippen LogP contribution >= 0.6 is 27.3 Å². The van der Waals surface area contributed by atoms with Crippen LogP contribution in [0.5, 0.6) is 0 Å². The lowest BCUT2D eigenvalue weighted by molar-refractivity contribution is -0.108. The normalized spacial score (nSPS) is 12.9. The molecular weight excluding hydrogens is 318 g/mol. The summed E-state index contributed by atoms with van der Waals surface area (Å²) in [5.41, 5.74) is 0.343. The van der Waals surface area contributed by atoms with Crippen LogP contribution in [0.1, 0.15) is 38.8 Å². The van der Waals surface area contributed by atoms with Crippen molar-refractivity contribution in [2.75, 3.05) is 0 Å². The summed E-state index contributed by atoms with van der Waals surface area (Å²) in [4.78, 5) is 22.3. The Labute approximate surface area is 119 Å². The predicted octanol–water partition coefficient (Wildman–Crippen LogP) is 3.67. The molecule has 0 unspecified atom stereocenters. The molecule has 0 fully saturated rings. The summed E-state index contributed by atoms with van der Waals surface area (Å²) in [7, 11) is 0. The second-order valence-electron chi connectivity index (χ2n) is 4.79. The molecule has 0 saturated carbocycles. The number of carbonyl (C=O) groups excluding carboxylic acids is 2. The molecule has 1 N–H and O–H groups in total. The standard InChI is InChI=1S/C12H16BrNO3S/c1-12(2,3)17-11(16)14-9(4-5-15)8-6-10(13)18-7-8/h5-7,9H,4H2,1-3H3,(H,14,16)/t9-/m0/s1. The molecule has 0 aliphatic rings. The largest absolute Gasteiger partial charge is 0.444 e. The predicted molar refractivity (Wildman–Crippen MR) is 74.8 cm³/mol. The first-order valence-electron chi connectivity index (χ1n) is 5.49. The van der Waals surface area contributed by atoms with Crippen LogP contribution in [0.3, 0.4) is 0 Å². The number of amides is 1.